The lowest BCUT2D eigenvalue weighted by Gasteiger charge is -2.31. The summed E-state index contributed by atoms with van der Waals surface area (Å²) in [6.45, 7) is 4.79. The molecule has 1 saturated heterocycles. The van der Waals surface area contributed by atoms with Crippen LogP contribution in [0.2, 0.25) is 0 Å². The lowest BCUT2D eigenvalue weighted by Crippen LogP contribution is -2.48. The minimum Gasteiger partial charge on any atom is -0.495 e. The van der Waals surface area contributed by atoms with E-state index in [4.69, 9.17) is 13.9 Å². The van der Waals surface area contributed by atoms with Crippen molar-refractivity contribution in [3.63, 3.8) is 0 Å². The summed E-state index contributed by atoms with van der Waals surface area (Å²) in [5.41, 5.74) is 1.70. The summed E-state index contributed by atoms with van der Waals surface area (Å²) in [7, 11) is 1.56. The van der Waals surface area contributed by atoms with Crippen molar-refractivity contribution in [2.75, 3.05) is 64.9 Å². The Morgan fingerprint density at radius 2 is 1.71 bits per heavy atom. The number of nitrogens with zero attached hydrogens (tertiary/aromatic N) is 3. The van der Waals surface area contributed by atoms with E-state index in [0.29, 0.717) is 63.0 Å². The van der Waals surface area contributed by atoms with Crippen molar-refractivity contribution >= 4 is 17.6 Å². The van der Waals surface area contributed by atoms with Gasteiger partial charge in [0.1, 0.15) is 18.1 Å². The van der Waals surface area contributed by atoms with Gasteiger partial charge >= 0.3 is 6.03 Å². The predicted octanol–water partition coefficient (Wildman–Crippen LogP) is 3.73. The third-order valence-corrected chi connectivity index (χ3v) is 6.54. The van der Waals surface area contributed by atoms with E-state index < -0.39 is 0 Å². The van der Waals surface area contributed by atoms with Gasteiger partial charge in [-0.25, -0.2) is 4.79 Å². The fraction of sp³-hybridized carbons (Fsp3) is 0.379. The molecule has 9 nitrogen and oxygen atoms in total. The molecule has 4 rings (SSSR count). The van der Waals surface area contributed by atoms with E-state index >= 15 is 0 Å². The smallest absolute Gasteiger partial charge is 0.322 e. The molecule has 0 spiro atoms. The summed E-state index contributed by atoms with van der Waals surface area (Å²) in [6, 6.07) is 20.6. The predicted molar refractivity (Wildman–Crippen MR) is 145 cm³/mol. The summed E-state index contributed by atoms with van der Waals surface area (Å²) in [6.07, 6.45) is 2.30. The van der Waals surface area contributed by atoms with Crippen LogP contribution in [0, 0.1) is 0 Å². The van der Waals surface area contributed by atoms with E-state index in [1.807, 2.05) is 54.6 Å². The van der Waals surface area contributed by atoms with Crippen molar-refractivity contribution < 1.29 is 23.5 Å². The molecule has 9 heteroatoms. The van der Waals surface area contributed by atoms with Crippen molar-refractivity contribution in [3.8, 4) is 5.75 Å². The molecule has 0 aliphatic carbocycles. The topological polar surface area (TPSA) is 87.5 Å². The largest absolute Gasteiger partial charge is 0.495 e. The molecule has 3 amide bonds. The molecule has 0 saturated carbocycles. The van der Waals surface area contributed by atoms with Crippen LogP contribution in [-0.2, 0) is 22.5 Å². The number of furan rings is 1. The minimum atomic E-state index is -0.350. The molecule has 1 aromatic heterocycles. The number of carbonyl (C=O) groups excluding carboxylic acids is 2. The molecule has 1 N–H and O–H groups in total. The van der Waals surface area contributed by atoms with Gasteiger partial charge in [-0.15, -0.1) is 0 Å². The first-order chi connectivity index (χ1) is 18.6. The highest BCUT2D eigenvalue weighted by molar-refractivity contribution is 5.93. The number of rotatable bonds is 12. The third-order valence-electron chi connectivity index (χ3n) is 6.54. The summed E-state index contributed by atoms with van der Waals surface area (Å²) in [5, 5.41) is 2.93. The maximum atomic E-state index is 13.6. The Labute approximate surface area is 223 Å². The molecular weight excluding hydrogens is 484 g/mol. The Morgan fingerprint density at radius 3 is 2.45 bits per heavy atom. The maximum Gasteiger partial charge on any atom is 0.322 e. The number of ether oxygens (including phenoxy) is 2. The standard InChI is InChI=1S/C29H36N4O5/c1-36-27-12-6-5-11-26(27)30-29(35)33(16-15-31-17-20-37-21-18-31)23-28(34)32(22-25-10-7-19-38-25)14-13-24-8-3-2-4-9-24/h2-12,19H,13-18,20-23H2,1H3,(H,30,35). The minimum absolute atomic E-state index is 0.0547. The second-order valence-electron chi connectivity index (χ2n) is 9.14. The molecule has 1 aliphatic rings. The van der Waals surface area contributed by atoms with Gasteiger partial charge in [-0.05, 0) is 36.2 Å². The van der Waals surface area contributed by atoms with Crippen molar-refractivity contribution in [2.45, 2.75) is 13.0 Å². The average molecular weight is 521 g/mol. The fourth-order valence-corrected chi connectivity index (χ4v) is 4.34. The van der Waals surface area contributed by atoms with Crippen LogP contribution in [0.25, 0.3) is 0 Å². The first-order valence-corrected chi connectivity index (χ1v) is 13.0. The zero-order chi connectivity index (χ0) is 26.6. The summed E-state index contributed by atoms with van der Waals surface area (Å²) >= 11 is 0. The van der Waals surface area contributed by atoms with E-state index in [0.717, 1.165) is 18.7 Å². The van der Waals surface area contributed by atoms with Gasteiger partial charge in [0.05, 0.1) is 38.8 Å². The monoisotopic (exact) mass is 520 g/mol. The van der Waals surface area contributed by atoms with Gasteiger partial charge in [-0.3, -0.25) is 9.69 Å². The van der Waals surface area contributed by atoms with Gasteiger partial charge in [-0.1, -0.05) is 42.5 Å². The van der Waals surface area contributed by atoms with E-state index in [1.165, 1.54) is 0 Å². The Kier molecular flexibility index (Phi) is 10.2. The molecular formula is C29H36N4O5. The second kappa shape index (κ2) is 14.2. The van der Waals surface area contributed by atoms with E-state index in [2.05, 4.69) is 10.2 Å². The number of hydrogen-bond donors (Lipinski definition) is 1. The van der Waals surface area contributed by atoms with E-state index in [1.54, 1.807) is 35.3 Å². The number of amides is 3. The number of morpholine rings is 1. The molecule has 0 unspecified atom stereocenters. The van der Waals surface area contributed by atoms with Crippen molar-refractivity contribution in [1.29, 1.82) is 0 Å². The van der Waals surface area contributed by atoms with Crippen LogP contribution in [-0.4, -0.2) is 86.2 Å². The van der Waals surface area contributed by atoms with E-state index in [9.17, 15) is 9.59 Å². The van der Waals surface area contributed by atoms with Crippen molar-refractivity contribution in [2.24, 2.45) is 0 Å². The molecule has 202 valence electrons. The number of hydrogen-bond acceptors (Lipinski definition) is 6. The van der Waals surface area contributed by atoms with Gasteiger partial charge < -0.3 is 29.0 Å². The van der Waals surface area contributed by atoms with Crippen molar-refractivity contribution in [3.05, 3.63) is 84.3 Å². The van der Waals surface area contributed by atoms with Crippen LogP contribution in [0.1, 0.15) is 11.3 Å². The summed E-state index contributed by atoms with van der Waals surface area (Å²) < 4.78 is 16.4. The Bertz CT molecular complexity index is 1130. The van der Waals surface area contributed by atoms with Gasteiger partial charge in [0.25, 0.3) is 0 Å². The van der Waals surface area contributed by atoms with Gasteiger partial charge in [0.15, 0.2) is 0 Å². The Balaban J connectivity index is 1.47. The maximum absolute atomic E-state index is 13.6. The molecule has 1 aliphatic heterocycles. The van der Waals surface area contributed by atoms with Crippen LogP contribution in [0.3, 0.4) is 0 Å². The quantitative estimate of drug-likeness (QED) is 0.392. The van der Waals surface area contributed by atoms with Gasteiger partial charge in [0, 0.05) is 32.7 Å². The summed E-state index contributed by atoms with van der Waals surface area (Å²) in [4.78, 5) is 32.6. The number of methoxy groups -OCH3 is 1. The number of carbonyl (C=O) groups is 2. The zero-order valence-corrected chi connectivity index (χ0v) is 21.9. The molecule has 38 heavy (non-hydrogen) atoms. The first-order valence-electron chi connectivity index (χ1n) is 13.0. The second-order valence-corrected chi connectivity index (χ2v) is 9.14. The third kappa shape index (κ3) is 8.09. The highest BCUT2D eigenvalue weighted by atomic mass is 16.5. The number of benzene rings is 2. The highest BCUT2D eigenvalue weighted by Crippen LogP contribution is 2.23. The van der Waals surface area contributed by atoms with E-state index in [-0.39, 0.29) is 18.5 Å². The number of urea groups is 1. The molecule has 0 radical (unpaired) electrons. The summed E-state index contributed by atoms with van der Waals surface area (Å²) in [5.74, 6) is 1.11. The normalized spacial score (nSPS) is 13.6. The number of para-hydroxylation sites is 2. The van der Waals surface area contributed by atoms with Crippen LogP contribution >= 0.6 is 0 Å². The highest BCUT2D eigenvalue weighted by Gasteiger charge is 2.24. The molecule has 2 heterocycles. The molecule has 2 aromatic carbocycles. The lowest BCUT2D eigenvalue weighted by atomic mass is 10.1. The van der Waals surface area contributed by atoms with Crippen LogP contribution in [0.15, 0.2) is 77.4 Å². The Hall–Kier alpha value is -3.82. The van der Waals surface area contributed by atoms with Crippen LogP contribution < -0.4 is 10.1 Å². The molecule has 1 fully saturated rings. The van der Waals surface area contributed by atoms with Crippen LogP contribution in [0.5, 0.6) is 5.75 Å². The van der Waals surface area contributed by atoms with Crippen LogP contribution in [0.4, 0.5) is 10.5 Å². The SMILES string of the molecule is COc1ccccc1NC(=O)N(CCN1CCOCC1)CC(=O)N(CCc1ccccc1)Cc1ccco1. The average Bonchev–Trinajstić information content (AvgIpc) is 3.48. The first kappa shape index (κ1) is 27.2. The fourth-order valence-electron chi connectivity index (χ4n) is 4.34. The van der Waals surface area contributed by atoms with Gasteiger partial charge in [0.2, 0.25) is 5.91 Å². The number of anilines is 1. The molecule has 0 bridgehead atoms. The molecule has 3 aromatic rings. The number of nitrogens with one attached hydrogen (secondary N) is 1. The molecule has 0 atom stereocenters. The Morgan fingerprint density at radius 1 is 0.947 bits per heavy atom. The zero-order valence-electron chi connectivity index (χ0n) is 21.9. The lowest BCUT2D eigenvalue weighted by molar-refractivity contribution is -0.132. The van der Waals surface area contributed by atoms with Gasteiger partial charge in [-0.2, -0.15) is 0 Å². The van der Waals surface area contributed by atoms with Crippen molar-refractivity contribution in [1.82, 2.24) is 14.7 Å².